The molecule has 4 aromatic carbocycles. The predicted octanol–water partition coefficient (Wildman–Crippen LogP) is 5.63. The third-order valence-electron chi connectivity index (χ3n) is 6.14. The highest BCUT2D eigenvalue weighted by atomic mass is 32.2. The summed E-state index contributed by atoms with van der Waals surface area (Å²) in [7, 11) is 1.75. The summed E-state index contributed by atoms with van der Waals surface area (Å²) < 4.78 is 1.52. The molecule has 0 bridgehead atoms. The van der Waals surface area contributed by atoms with Gasteiger partial charge >= 0.3 is 0 Å². The van der Waals surface area contributed by atoms with Gasteiger partial charge in [0.2, 0.25) is 0 Å². The minimum atomic E-state index is -0.257. The molecule has 0 aliphatic carbocycles. The summed E-state index contributed by atoms with van der Waals surface area (Å²) in [6.45, 7) is 0.462. The number of benzene rings is 4. The maximum Gasteiger partial charge on any atom is 0.266 e. The molecule has 0 unspecified atom stereocenters. The molecular formula is C31H25N3O3S. The largest absolute Gasteiger partial charge is 0.337 e. The first-order valence-corrected chi connectivity index (χ1v) is 13.1. The Kier molecular flexibility index (Phi) is 7.47. The van der Waals surface area contributed by atoms with Crippen LogP contribution in [0, 0.1) is 0 Å². The van der Waals surface area contributed by atoms with Gasteiger partial charge in [0.1, 0.15) is 0 Å². The fraction of sp³-hybridized carbons (Fsp3) is 0.0968. The van der Waals surface area contributed by atoms with Gasteiger partial charge in [0.15, 0.2) is 10.9 Å². The van der Waals surface area contributed by atoms with E-state index in [-0.39, 0.29) is 23.0 Å². The van der Waals surface area contributed by atoms with E-state index in [0.29, 0.717) is 39.4 Å². The zero-order chi connectivity index (χ0) is 26.5. The normalized spacial score (nSPS) is 10.9. The maximum absolute atomic E-state index is 13.6. The molecule has 38 heavy (non-hydrogen) atoms. The standard InChI is InChI=1S/C31H25N3O3S/c1-33(20-22-11-5-2-6-12-22)29(36)24-17-18-26-27(19-24)32-31(34(30(26)37)25-15-9-4-10-16-25)38-21-28(35)23-13-7-3-8-14-23/h2-19H,20-21H2,1H3. The summed E-state index contributed by atoms with van der Waals surface area (Å²) in [4.78, 5) is 46.0. The highest BCUT2D eigenvalue weighted by Crippen LogP contribution is 2.23. The summed E-state index contributed by atoms with van der Waals surface area (Å²) in [5.74, 6) is -0.109. The maximum atomic E-state index is 13.6. The number of hydrogen-bond donors (Lipinski definition) is 0. The molecule has 5 aromatic rings. The molecule has 1 amide bonds. The van der Waals surface area contributed by atoms with E-state index in [0.717, 1.165) is 5.56 Å². The Morgan fingerprint density at radius 2 is 1.45 bits per heavy atom. The smallest absolute Gasteiger partial charge is 0.266 e. The second-order valence-corrected chi connectivity index (χ2v) is 9.77. The molecule has 5 rings (SSSR count). The fourth-order valence-corrected chi connectivity index (χ4v) is 5.09. The van der Waals surface area contributed by atoms with Crippen molar-refractivity contribution in [1.82, 2.24) is 14.5 Å². The minimum absolute atomic E-state index is 0.0592. The van der Waals surface area contributed by atoms with E-state index in [4.69, 9.17) is 4.98 Å². The molecule has 0 saturated heterocycles. The first-order valence-electron chi connectivity index (χ1n) is 12.1. The van der Waals surface area contributed by atoms with Gasteiger partial charge in [-0.2, -0.15) is 0 Å². The Morgan fingerprint density at radius 3 is 2.13 bits per heavy atom. The number of ketones is 1. The number of para-hydroxylation sites is 1. The number of Topliss-reactive ketones (excluding diaryl/α,β-unsaturated/α-hetero) is 1. The van der Waals surface area contributed by atoms with Crippen molar-refractivity contribution in [3.8, 4) is 5.69 Å². The van der Waals surface area contributed by atoms with Crippen LogP contribution < -0.4 is 5.56 Å². The van der Waals surface area contributed by atoms with Gasteiger partial charge in [-0.15, -0.1) is 0 Å². The topological polar surface area (TPSA) is 72.3 Å². The molecule has 0 spiro atoms. The van der Waals surface area contributed by atoms with E-state index in [2.05, 4.69) is 0 Å². The average molecular weight is 520 g/mol. The molecule has 0 aliphatic rings. The lowest BCUT2D eigenvalue weighted by Crippen LogP contribution is -2.26. The van der Waals surface area contributed by atoms with Crippen molar-refractivity contribution in [2.75, 3.05) is 12.8 Å². The summed E-state index contributed by atoms with van der Waals surface area (Å²) in [6.07, 6.45) is 0. The lowest BCUT2D eigenvalue weighted by molar-refractivity contribution is 0.0785. The summed E-state index contributed by atoms with van der Waals surface area (Å²) >= 11 is 1.20. The number of rotatable bonds is 8. The van der Waals surface area contributed by atoms with Crippen molar-refractivity contribution in [2.45, 2.75) is 11.7 Å². The number of hydrogen-bond acceptors (Lipinski definition) is 5. The van der Waals surface area contributed by atoms with Crippen LogP contribution in [-0.2, 0) is 6.54 Å². The zero-order valence-electron chi connectivity index (χ0n) is 20.8. The number of nitrogens with zero attached hydrogens (tertiary/aromatic N) is 3. The van der Waals surface area contributed by atoms with Crippen molar-refractivity contribution in [3.63, 3.8) is 0 Å². The van der Waals surface area contributed by atoms with E-state index in [1.54, 1.807) is 42.3 Å². The molecule has 188 valence electrons. The molecular weight excluding hydrogens is 494 g/mol. The lowest BCUT2D eigenvalue weighted by atomic mass is 10.1. The van der Waals surface area contributed by atoms with Gasteiger partial charge < -0.3 is 4.90 Å². The van der Waals surface area contributed by atoms with Crippen molar-refractivity contribution in [1.29, 1.82) is 0 Å². The molecule has 0 fully saturated rings. The van der Waals surface area contributed by atoms with E-state index < -0.39 is 0 Å². The third-order valence-corrected chi connectivity index (χ3v) is 7.08. The SMILES string of the molecule is CN(Cc1ccccc1)C(=O)c1ccc2c(=O)n(-c3ccccc3)c(SCC(=O)c3ccccc3)nc2c1. The molecule has 6 nitrogen and oxygen atoms in total. The van der Waals surface area contributed by atoms with Gasteiger partial charge in [-0.05, 0) is 35.9 Å². The van der Waals surface area contributed by atoms with Crippen LogP contribution in [0.25, 0.3) is 16.6 Å². The van der Waals surface area contributed by atoms with Gasteiger partial charge in [0, 0.05) is 24.7 Å². The van der Waals surface area contributed by atoms with Crippen LogP contribution in [0.4, 0.5) is 0 Å². The third kappa shape index (κ3) is 5.43. The number of carbonyl (C=O) groups excluding carboxylic acids is 2. The number of fused-ring (bicyclic) bond motifs is 1. The van der Waals surface area contributed by atoms with Crippen LogP contribution in [-0.4, -0.2) is 38.9 Å². The summed E-state index contributed by atoms with van der Waals surface area (Å²) in [6, 6.07) is 33.0. The van der Waals surface area contributed by atoms with Gasteiger partial charge in [0.25, 0.3) is 11.5 Å². The van der Waals surface area contributed by atoms with Crippen LogP contribution in [0.3, 0.4) is 0 Å². The molecule has 0 N–H and O–H groups in total. The molecule has 7 heteroatoms. The number of aromatic nitrogens is 2. The van der Waals surface area contributed by atoms with Crippen molar-refractivity contribution < 1.29 is 9.59 Å². The first-order chi connectivity index (χ1) is 18.5. The molecule has 1 heterocycles. The van der Waals surface area contributed by atoms with Crippen molar-refractivity contribution in [3.05, 3.63) is 136 Å². The number of amides is 1. The van der Waals surface area contributed by atoms with Gasteiger partial charge in [-0.25, -0.2) is 4.98 Å². The zero-order valence-corrected chi connectivity index (χ0v) is 21.6. The second kappa shape index (κ2) is 11.3. The van der Waals surface area contributed by atoms with Gasteiger partial charge in [-0.3, -0.25) is 19.0 Å². The Balaban J connectivity index is 1.51. The number of carbonyl (C=O) groups is 2. The molecule has 1 aromatic heterocycles. The van der Waals surface area contributed by atoms with E-state index in [1.807, 2.05) is 78.9 Å². The highest BCUT2D eigenvalue weighted by molar-refractivity contribution is 7.99. The average Bonchev–Trinajstić information content (AvgIpc) is 2.96. The van der Waals surface area contributed by atoms with E-state index in [1.165, 1.54) is 16.3 Å². The quantitative estimate of drug-likeness (QED) is 0.151. The molecule has 0 radical (unpaired) electrons. The predicted molar refractivity (Wildman–Crippen MR) is 151 cm³/mol. The Bertz CT molecular complexity index is 1650. The molecule has 0 atom stereocenters. The highest BCUT2D eigenvalue weighted by Gasteiger charge is 2.18. The van der Waals surface area contributed by atoms with Crippen LogP contribution >= 0.6 is 11.8 Å². The van der Waals surface area contributed by atoms with E-state index >= 15 is 0 Å². The van der Waals surface area contributed by atoms with Crippen LogP contribution in [0.1, 0.15) is 26.3 Å². The van der Waals surface area contributed by atoms with Crippen LogP contribution in [0.15, 0.2) is 119 Å². The lowest BCUT2D eigenvalue weighted by Gasteiger charge is -2.18. The van der Waals surface area contributed by atoms with Crippen molar-refractivity contribution >= 4 is 34.4 Å². The molecule has 0 aliphatic heterocycles. The number of thioether (sulfide) groups is 1. The van der Waals surface area contributed by atoms with Crippen LogP contribution in [0.2, 0.25) is 0 Å². The monoisotopic (exact) mass is 519 g/mol. The Labute approximate surface area is 224 Å². The van der Waals surface area contributed by atoms with Gasteiger partial charge in [-0.1, -0.05) is 90.6 Å². The van der Waals surface area contributed by atoms with Crippen LogP contribution in [0.5, 0.6) is 0 Å². The van der Waals surface area contributed by atoms with E-state index in [9.17, 15) is 14.4 Å². The van der Waals surface area contributed by atoms with Gasteiger partial charge in [0.05, 0.1) is 22.3 Å². The Hall–Kier alpha value is -4.49. The first kappa shape index (κ1) is 25.2. The molecule has 0 saturated carbocycles. The Morgan fingerprint density at radius 1 is 0.816 bits per heavy atom. The summed E-state index contributed by atoms with van der Waals surface area (Å²) in [5.41, 5.74) is 2.88. The fourth-order valence-electron chi connectivity index (χ4n) is 4.19. The minimum Gasteiger partial charge on any atom is -0.337 e. The second-order valence-electron chi connectivity index (χ2n) is 8.83. The van der Waals surface area contributed by atoms with Crippen molar-refractivity contribution in [2.24, 2.45) is 0 Å². The summed E-state index contributed by atoms with van der Waals surface area (Å²) in [5, 5.41) is 0.787.